The van der Waals surface area contributed by atoms with Crippen molar-refractivity contribution in [3.05, 3.63) is 123 Å². The molecule has 274 valence electrons. The quantitative estimate of drug-likeness (QED) is 0.113. The normalized spacial score (nSPS) is 13.8. The van der Waals surface area contributed by atoms with E-state index >= 15 is 0 Å². The second kappa shape index (κ2) is 15.7. The molecule has 7 rings (SSSR count). The molecule has 0 bridgehead atoms. The van der Waals surface area contributed by atoms with Gasteiger partial charge in [0, 0.05) is 30.3 Å². The topological polar surface area (TPSA) is 142 Å². The summed E-state index contributed by atoms with van der Waals surface area (Å²) in [4.78, 5) is 47.3. The van der Waals surface area contributed by atoms with E-state index in [4.69, 9.17) is 28.3 Å². The van der Waals surface area contributed by atoms with Gasteiger partial charge >= 0.3 is 12.1 Å². The van der Waals surface area contributed by atoms with Crippen LogP contribution in [-0.2, 0) is 28.9 Å². The Morgan fingerprint density at radius 1 is 0.774 bits per heavy atom. The summed E-state index contributed by atoms with van der Waals surface area (Å²) in [5.41, 5.74) is 2.57. The van der Waals surface area contributed by atoms with Gasteiger partial charge in [0.05, 0.1) is 49.8 Å². The first kappa shape index (κ1) is 37.4. The lowest BCUT2D eigenvalue weighted by atomic mass is 10.1. The molecule has 2 aliphatic rings. The number of alkyl halides is 3. The van der Waals surface area contributed by atoms with Crippen molar-refractivity contribution in [2.45, 2.75) is 44.9 Å². The number of nitrogens with zero attached hydrogens (tertiary/aromatic N) is 2. The van der Waals surface area contributed by atoms with Crippen molar-refractivity contribution in [1.82, 2.24) is 20.4 Å². The summed E-state index contributed by atoms with van der Waals surface area (Å²) in [6.45, 7) is 0.634. The van der Waals surface area contributed by atoms with E-state index in [1.54, 1.807) is 42.5 Å². The molecule has 3 amide bonds. The molecule has 5 aromatic rings. The number of carbonyl (C=O) groups excluding carboxylic acids is 3. The fraction of sp³-hybridized carbons (Fsp3) is 0.237. The standard InChI is InChI=1S/C26H20ClF3N4O2.C12H12ClNO3/c27-21-11-4-15(13-31-24(35)16-5-6-16)12-19(21)25(36)33-22-2-1-3-23-20(22)14-32-34(23)18-9-7-17(8-10-18)26(28,29)30;13-10-4-1-7(5-9(10)12(16)17)6-14-11(15)8-2-3-8/h1-4,7-12,14,16H,5-6,13H2,(H,31,35)(H,33,36);1,4-5,8H,2-3,6H2,(H,14,15)(H,16,17). The third-order valence-corrected chi connectivity index (χ3v) is 9.33. The molecule has 53 heavy (non-hydrogen) atoms. The second-order valence-corrected chi connectivity index (χ2v) is 13.5. The summed E-state index contributed by atoms with van der Waals surface area (Å²) >= 11 is 12.0. The van der Waals surface area contributed by atoms with Crippen LogP contribution < -0.4 is 16.0 Å². The first-order chi connectivity index (χ1) is 25.3. The van der Waals surface area contributed by atoms with Gasteiger partial charge in [-0.25, -0.2) is 9.48 Å². The third-order valence-electron chi connectivity index (χ3n) is 8.67. The predicted octanol–water partition coefficient (Wildman–Crippen LogP) is 8.04. The lowest BCUT2D eigenvalue weighted by Gasteiger charge is -2.11. The van der Waals surface area contributed by atoms with Crippen molar-refractivity contribution >= 4 is 63.5 Å². The number of rotatable bonds is 10. The van der Waals surface area contributed by atoms with Gasteiger partial charge in [-0.1, -0.05) is 41.4 Å². The molecule has 15 heteroatoms. The molecule has 2 aliphatic carbocycles. The number of hydrogen-bond donors (Lipinski definition) is 4. The number of fused-ring (bicyclic) bond motifs is 1. The zero-order valence-electron chi connectivity index (χ0n) is 27.8. The number of anilines is 1. The molecule has 2 fully saturated rings. The Labute approximate surface area is 311 Å². The average molecular weight is 767 g/mol. The van der Waals surface area contributed by atoms with Crippen molar-refractivity contribution in [2.75, 3.05) is 5.32 Å². The van der Waals surface area contributed by atoms with Crippen LogP contribution in [0, 0.1) is 11.8 Å². The minimum Gasteiger partial charge on any atom is -0.478 e. The van der Waals surface area contributed by atoms with E-state index in [0.29, 0.717) is 35.4 Å². The lowest BCUT2D eigenvalue weighted by molar-refractivity contribution is -0.137. The molecular weight excluding hydrogens is 734 g/mol. The minimum absolute atomic E-state index is 0.00712. The summed E-state index contributed by atoms with van der Waals surface area (Å²) in [7, 11) is 0. The zero-order chi connectivity index (χ0) is 37.9. The summed E-state index contributed by atoms with van der Waals surface area (Å²) < 4.78 is 40.2. The van der Waals surface area contributed by atoms with Gasteiger partial charge in [0.25, 0.3) is 5.91 Å². The van der Waals surface area contributed by atoms with Gasteiger partial charge in [-0.2, -0.15) is 18.3 Å². The summed E-state index contributed by atoms with van der Waals surface area (Å²) in [6.07, 6.45) is 0.819. The highest BCUT2D eigenvalue weighted by Crippen LogP contribution is 2.32. The van der Waals surface area contributed by atoms with E-state index in [2.05, 4.69) is 21.0 Å². The van der Waals surface area contributed by atoms with Crippen molar-refractivity contribution in [3.8, 4) is 5.69 Å². The van der Waals surface area contributed by atoms with Gasteiger partial charge < -0.3 is 21.1 Å². The molecule has 0 saturated heterocycles. The Kier molecular flexibility index (Phi) is 11.1. The molecule has 1 aromatic heterocycles. The van der Waals surface area contributed by atoms with E-state index in [0.717, 1.165) is 48.9 Å². The maximum Gasteiger partial charge on any atom is 0.416 e. The fourth-order valence-electron chi connectivity index (χ4n) is 5.41. The molecule has 0 radical (unpaired) electrons. The number of benzene rings is 4. The Hall–Kier alpha value is -5.40. The first-order valence-electron chi connectivity index (χ1n) is 16.6. The third kappa shape index (κ3) is 9.34. The maximum atomic E-state index is 13.1. The summed E-state index contributed by atoms with van der Waals surface area (Å²) in [5.74, 6) is -1.22. The molecule has 10 nitrogen and oxygen atoms in total. The molecule has 4 N–H and O–H groups in total. The maximum absolute atomic E-state index is 13.1. The lowest BCUT2D eigenvalue weighted by Crippen LogP contribution is -2.24. The number of aromatic carboxylic acids is 1. The highest BCUT2D eigenvalue weighted by Gasteiger charge is 2.31. The number of carboxylic acids is 1. The number of aromatic nitrogens is 2. The molecule has 0 unspecified atom stereocenters. The van der Waals surface area contributed by atoms with Crippen LogP contribution in [0.4, 0.5) is 18.9 Å². The van der Waals surface area contributed by atoms with Gasteiger partial charge in [-0.3, -0.25) is 14.4 Å². The zero-order valence-corrected chi connectivity index (χ0v) is 29.4. The van der Waals surface area contributed by atoms with E-state index in [9.17, 15) is 32.3 Å². The van der Waals surface area contributed by atoms with Crippen molar-refractivity contribution in [3.63, 3.8) is 0 Å². The van der Waals surface area contributed by atoms with Gasteiger partial charge in [-0.15, -0.1) is 0 Å². The van der Waals surface area contributed by atoms with Crippen LogP contribution in [0.3, 0.4) is 0 Å². The Morgan fingerprint density at radius 3 is 1.85 bits per heavy atom. The number of halogens is 5. The van der Waals surface area contributed by atoms with E-state index < -0.39 is 23.6 Å². The highest BCUT2D eigenvalue weighted by molar-refractivity contribution is 6.34. The molecule has 2 saturated carbocycles. The summed E-state index contributed by atoms with van der Waals surface area (Å²) in [5, 5.41) is 22.8. The Balaban J connectivity index is 0.000000236. The number of amides is 3. The predicted molar refractivity (Wildman–Crippen MR) is 193 cm³/mol. The van der Waals surface area contributed by atoms with Gasteiger partial charge in [0.1, 0.15) is 0 Å². The monoisotopic (exact) mass is 765 g/mol. The molecule has 4 aromatic carbocycles. The largest absolute Gasteiger partial charge is 0.478 e. The number of carbonyl (C=O) groups is 4. The van der Waals surface area contributed by atoms with Gasteiger partial charge in [0.15, 0.2) is 0 Å². The average Bonchev–Trinajstić information content (AvgIpc) is 4.08. The Bertz CT molecular complexity index is 2200. The SMILES string of the molecule is O=C(Nc1cccc2c1cnn2-c1ccc(C(F)(F)F)cc1)c1cc(CNC(=O)C2CC2)ccc1Cl.O=C(O)c1cc(CNC(=O)C2CC2)ccc1Cl. The van der Waals surface area contributed by atoms with Crippen LogP contribution in [0.1, 0.15) is 63.1 Å². The number of nitrogens with one attached hydrogen (secondary N) is 3. The highest BCUT2D eigenvalue weighted by atomic mass is 35.5. The van der Waals surface area contributed by atoms with E-state index in [1.807, 2.05) is 0 Å². The van der Waals surface area contributed by atoms with Crippen molar-refractivity contribution in [2.24, 2.45) is 11.8 Å². The van der Waals surface area contributed by atoms with Crippen LogP contribution in [0.25, 0.3) is 16.6 Å². The van der Waals surface area contributed by atoms with Gasteiger partial charge in [-0.05, 0) is 97.5 Å². The number of carboxylic acid groups (broad SMARTS) is 1. The Morgan fingerprint density at radius 2 is 1.32 bits per heavy atom. The minimum atomic E-state index is -4.43. The van der Waals surface area contributed by atoms with Crippen LogP contribution in [0.5, 0.6) is 0 Å². The van der Waals surface area contributed by atoms with Crippen LogP contribution in [0.2, 0.25) is 10.0 Å². The van der Waals surface area contributed by atoms with Crippen LogP contribution in [-0.4, -0.2) is 38.6 Å². The van der Waals surface area contributed by atoms with Crippen LogP contribution >= 0.6 is 23.2 Å². The summed E-state index contributed by atoms with van der Waals surface area (Å²) in [6, 6.07) is 19.6. The molecule has 0 atom stereocenters. The molecular formula is C38H32Cl2F3N5O5. The molecule has 0 aliphatic heterocycles. The molecule has 0 spiro atoms. The van der Waals surface area contributed by atoms with E-state index in [-0.39, 0.29) is 44.8 Å². The fourth-order valence-corrected chi connectivity index (χ4v) is 5.81. The van der Waals surface area contributed by atoms with E-state index in [1.165, 1.54) is 35.1 Å². The van der Waals surface area contributed by atoms with Crippen molar-refractivity contribution < 1.29 is 37.5 Å². The van der Waals surface area contributed by atoms with Crippen molar-refractivity contribution in [1.29, 1.82) is 0 Å². The number of hydrogen-bond acceptors (Lipinski definition) is 5. The molecule has 1 heterocycles. The van der Waals surface area contributed by atoms with Gasteiger partial charge in [0.2, 0.25) is 11.8 Å². The van der Waals surface area contributed by atoms with Crippen LogP contribution in [0.15, 0.2) is 85.1 Å². The smallest absolute Gasteiger partial charge is 0.416 e. The second-order valence-electron chi connectivity index (χ2n) is 12.7. The first-order valence-corrected chi connectivity index (χ1v) is 17.4.